The number of benzene rings is 2. The maximum Gasteiger partial charge on any atom is 0.295 e. The summed E-state index contributed by atoms with van der Waals surface area (Å²) in [5.74, 6) is -0.202. The third kappa shape index (κ3) is 4.63. The molecule has 0 unspecified atom stereocenters. The largest absolute Gasteiger partial charge is 0.295 e. The first-order valence-electron chi connectivity index (χ1n) is 8.91. The zero-order valence-corrected chi connectivity index (χ0v) is 23.7. The van der Waals surface area contributed by atoms with E-state index in [1.165, 1.54) is 6.07 Å². The summed E-state index contributed by atoms with van der Waals surface area (Å²) in [6.07, 6.45) is 1.68. The van der Waals surface area contributed by atoms with Crippen LogP contribution in [0.3, 0.4) is 0 Å². The Morgan fingerprint density at radius 3 is 2.16 bits per heavy atom. The molecule has 4 nitrogen and oxygen atoms in total. The Kier molecular flexibility index (Phi) is 7.35. The van der Waals surface area contributed by atoms with Gasteiger partial charge in [0.15, 0.2) is 0 Å². The van der Waals surface area contributed by atoms with E-state index in [-0.39, 0.29) is 10.7 Å². The third-order valence-electron chi connectivity index (χ3n) is 5.09. The minimum atomic E-state index is -4.51. The van der Waals surface area contributed by atoms with E-state index in [4.69, 9.17) is 0 Å². The van der Waals surface area contributed by atoms with E-state index in [1.807, 2.05) is 19.9 Å². The molecule has 1 N–H and O–H groups in total. The highest BCUT2D eigenvalue weighted by atomic mass is 79.9. The molecule has 0 aliphatic heterocycles. The van der Waals surface area contributed by atoms with Gasteiger partial charge in [0.1, 0.15) is 4.90 Å². The van der Waals surface area contributed by atoms with Gasteiger partial charge in [-0.05, 0) is 104 Å². The lowest BCUT2D eigenvalue weighted by Crippen LogP contribution is -2.11. The van der Waals surface area contributed by atoms with Crippen LogP contribution in [0, 0.1) is 13.8 Å². The number of hydrogen-bond acceptors (Lipinski definition) is 3. The molecule has 0 atom stereocenters. The number of halogens is 4. The van der Waals surface area contributed by atoms with Crippen LogP contribution in [0.4, 0.5) is 0 Å². The third-order valence-corrected chi connectivity index (χ3v) is 9.55. The van der Waals surface area contributed by atoms with Gasteiger partial charge in [-0.25, -0.2) is 0 Å². The number of ketones is 1. The predicted molar refractivity (Wildman–Crippen MR) is 137 cm³/mol. The van der Waals surface area contributed by atoms with Crippen molar-refractivity contribution in [2.24, 2.45) is 0 Å². The van der Waals surface area contributed by atoms with Crippen LogP contribution >= 0.6 is 63.7 Å². The Morgan fingerprint density at radius 2 is 1.55 bits per heavy atom. The molecular weight excluding hydrogens is 680 g/mol. The van der Waals surface area contributed by atoms with Crippen LogP contribution in [-0.2, 0) is 14.9 Å². The number of carbonyl (C=O) groups is 1. The zero-order valence-electron chi connectivity index (χ0n) is 16.6. The molecule has 1 aliphatic rings. The fraction of sp³-hybridized carbons (Fsp3) is 0.136. The average Bonchev–Trinajstić information content (AvgIpc) is 2.72. The quantitative estimate of drug-likeness (QED) is 0.340. The summed E-state index contributed by atoms with van der Waals surface area (Å²) in [6.45, 7) is 5.68. The minimum Gasteiger partial charge on any atom is -0.287 e. The minimum absolute atomic E-state index is 0.202. The summed E-state index contributed by atoms with van der Waals surface area (Å²) in [5, 5.41) is 0. The van der Waals surface area contributed by atoms with E-state index in [2.05, 4.69) is 63.7 Å². The topological polar surface area (TPSA) is 71.4 Å². The summed E-state index contributed by atoms with van der Waals surface area (Å²) >= 11 is 13.9. The molecule has 0 radical (unpaired) electrons. The van der Waals surface area contributed by atoms with Crippen molar-refractivity contribution in [3.63, 3.8) is 0 Å². The van der Waals surface area contributed by atoms with Gasteiger partial charge in [-0.3, -0.25) is 9.35 Å². The van der Waals surface area contributed by atoms with Crippen molar-refractivity contribution in [2.45, 2.75) is 25.7 Å². The van der Waals surface area contributed by atoms with E-state index < -0.39 is 10.1 Å². The molecule has 9 heteroatoms. The molecule has 0 amide bonds. The first kappa shape index (κ1) is 24.8. The van der Waals surface area contributed by atoms with Gasteiger partial charge in [0.2, 0.25) is 5.78 Å². The molecule has 2 aromatic rings. The smallest absolute Gasteiger partial charge is 0.287 e. The lowest BCUT2D eigenvalue weighted by molar-refractivity contribution is -0.111. The second-order valence-corrected chi connectivity index (χ2v) is 11.7. The molecule has 0 aromatic heterocycles. The van der Waals surface area contributed by atoms with Gasteiger partial charge in [-0.1, -0.05) is 50.1 Å². The van der Waals surface area contributed by atoms with Gasteiger partial charge in [0.05, 0.1) is 8.96 Å². The Bertz CT molecular complexity index is 1340. The molecule has 31 heavy (non-hydrogen) atoms. The van der Waals surface area contributed by atoms with Crippen molar-refractivity contribution in [1.82, 2.24) is 0 Å². The molecule has 0 heterocycles. The fourth-order valence-corrected chi connectivity index (χ4v) is 6.33. The first-order chi connectivity index (χ1) is 14.4. The van der Waals surface area contributed by atoms with Crippen molar-refractivity contribution in [1.29, 1.82) is 0 Å². The molecular formula is C22H16Br4O4S. The standard InChI is InChI=1S/C22H16Br4O4S/c1-10-14(8-16(23)12(3)20(10)25)19(13-6-4-5-7-18(13)31(28,29)30)15-9-17(24)22(27)21(26)11(15)2/h4-9H,1-3H3,(H,28,29,30)/b19-15+. The van der Waals surface area contributed by atoms with Crippen LogP contribution in [-0.4, -0.2) is 18.8 Å². The Morgan fingerprint density at radius 1 is 0.935 bits per heavy atom. The van der Waals surface area contributed by atoms with Crippen LogP contribution in [0.2, 0.25) is 0 Å². The highest BCUT2D eigenvalue weighted by molar-refractivity contribution is 9.13. The number of hydrogen-bond donors (Lipinski definition) is 1. The number of Topliss-reactive ketones (excluding diaryl/α,β-unsaturated/α-hetero) is 1. The first-order valence-corrected chi connectivity index (χ1v) is 13.5. The summed E-state index contributed by atoms with van der Waals surface area (Å²) in [7, 11) is -4.51. The summed E-state index contributed by atoms with van der Waals surface area (Å²) in [5.41, 5.74) is 4.85. The Labute approximate surface area is 214 Å². The zero-order chi connectivity index (χ0) is 23.2. The van der Waals surface area contributed by atoms with Crippen LogP contribution in [0.5, 0.6) is 0 Å². The van der Waals surface area contributed by atoms with Crippen LogP contribution in [0.1, 0.15) is 29.2 Å². The van der Waals surface area contributed by atoms with Gasteiger partial charge in [-0.2, -0.15) is 8.42 Å². The molecule has 1 aliphatic carbocycles. The molecule has 162 valence electrons. The van der Waals surface area contributed by atoms with Crippen LogP contribution in [0.15, 0.2) is 70.4 Å². The van der Waals surface area contributed by atoms with Gasteiger partial charge in [-0.15, -0.1) is 0 Å². The SMILES string of the molecule is CC1=C(Br)C(=O)C(Br)=C/C1=C(/c1ccccc1S(=O)(=O)O)c1cc(Br)c(C)c(Br)c1C. The molecule has 0 fully saturated rings. The molecule has 3 rings (SSSR count). The fourth-order valence-electron chi connectivity index (χ4n) is 3.39. The maximum absolute atomic E-state index is 12.4. The van der Waals surface area contributed by atoms with E-state index in [9.17, 15) is 17.8 Å². The lowest BCUT2D eigenvalue weighted by atomic mass is 9.85. The normalized spacial score (nSPS) is 16.5. The van der Waals surface area contributed by atoms with E-state index >= 15 is 0 Å². The lowest BCUT2D eigenvalue weighted by Gasteiger charge is -2.23. The molecule has 0 spiro atoms. The van der Waals surface area contributed by atoms with E-state index in [0.717, 1.165) is 25.6 Å². The number of carbonyl (C=O) groups excluding carboxylic acids is 1. The highest BCUT2D eigenvalue weighted by Crippen LogP contribution is 2.43. The van der Waals surface area contributed by atoms with Gasteiger partial charge in [0.25, 0.3) is 10.1 Å². The molecule has 0 bridgehead atoms. The summed E-state index contributed by atoms with van der Waals surface area (Å²) < 4.78 is 36.8. The van der Waals surface area contributed by atoms with Gasteiger partial charge < -0.3 is 0 Å². The predicted octanol–water partition coefficient (Wildman–Crippen LogP) is 7.41. The van der Waals surface area contributed by atoms with E-state index in [1.54, 1.807) is 31.2 Å². The van der Waals surface area contributed by atoms with Gasteiger partial charge in [0, 0.05) is 14.5 Å². The maximum atomic E-state index is 12.4. The van der Waals surface area contributed by atoms with Crippen molar-refractivity contribution >= 4 is 85.2 Å². The second kappa shape index (κ2) is 9.19. The second-order valence-electron chi connectivity index (χ2n) is 6.99. The van der Waals surface area contributed by atoms with Crippen LogP contribution < -0.4 is 0 Å². The number of rotatable bonds is 3. The van der Waals surface area contributed by atoms with Crippen molar-refractivity contribution < 1.29 is 17.8 Å². The molecule has 0 saturated heterocycles. The van der Waals surface area contributed by atoms with Crippen LogP contribution in [0.25, 0.3) is 5.57 Å². The van der Waals surface area contributed by atoms with Crippen molar-refractivity contribution in [3.05, 3.63) is 87.7 Å². The summed E-state index contributed by atoms with van der Waals surface area (Å²) in [4.78, 5) is 12.2. The van der Waals surface area contributed by atoms with E-state index in [0.29, 0.717) is 31.2 Å². The number of allylic oxidation sites excluding steroid dienone is 5. The Hall–Kier alpha value is -0.840. The molecule has 0 saturated carbocycles. The summed E-state index contributed by atoms with van der Waals surface area (Å²) in [6, 6.07) is 8.18. The average molecular weight is 696 g/mol. The Balaban J connectivity index is 2.59. The van der Waals surface area contributed by atoms with Crippen molar-refractivity contribution in [3.8, 4) is 0 Å². The van der Waals surface area contributed by atoms with Gasteiger partial charge >= 0.3 is 0 Å². The molecule has 2 aromatic carbocycles. The highest BCUT2D eigenvalue weighted by Gasteiger charge is 2.28. The monoisotopic (exact) mass is 692 g/mol. The van der Waals surface area contributed by atoms with Crippen molar-refractivity contribution in [2.75, 3.05) is 0 Å².